The molecule has 0 heterocycles. The summed E-state index contributed by atoms with van der Waals surface area (Å²) in [6.45, 7) is 0. The molecule has 0 amide bonds. The zero-order valence-electron chi connectivity index (χ0n) is 19.7. The van der Waals surface area contributed by atoms with Crippen LogP contribution in [-0.2, 0) is 5.67 Å². The SMILES string of the molecule is Fc1[c]c(-c2c(F)c(F)c(C(F)(c3c(F)c(F)c(F)c(F)c3F)c3c(F)c(F)c(F)c(F)c3F)c(F)c2F)c(F)c(F)c1F. The number of benzene rings is 4. The predicted octanol–water partition coefficient (Wildman–Crippen LogP) is 8.92. The maximum Gasteiger partial charge on any atom is 0.203 e. The molecule has 4 aromatic carbocycles. The maximum atomic E-state index is 16.8. The first-order valence-corrected chi connectivity index (χ1v) is 10.6. The lowest BCUT2D eigenvalue weighted by molar-refractivity contribution is 0.208. The summed E-state index contributed by atoms with van der Waals surface area (Å²) in [4.78, 5) is 0. The van der Waals surface area contributed by atoms with Crippen LogP contribution in [0.15, 0.2) is 0 Å². The van der Waals surface area contributed by atoms with Gasteiger partial charge in [-0.3, -0.25) is 0 Å². The molecular formula is C25F19. The number of alkyl halides is 1. The highest BCUT2D eigenvalue weighted by molar-refractivity contribution is 5.68. The lowest BCUT2D eigenvalue weighted by atomic mass is 9.78. The van der Waals surface area contributed by atoms with E-state index in [1.165, 1.54) is 0 Å². The Morgan fingerprint density at radius 1 is 0.295 bits per heavy atom. The monoisotopic (exact) mass is 661 g/mol. The predicted molar refractivity (Wildman–Crippen MR) is 104 cm³/mol. The molecule has 0 saturated heterocycles. The number of rotatable bonds is 4. The lowest BCUT2D eigenvalue weighted by Gasteiger charge is -2.30. The molecule has 0 unspecified atom stereocenters. The molecule has 0 atom stereocenters. The molecule has 0 saturated carbocycles. The Morgan fingerprint density at radius 3 is 0.864 bits per heavy atom. The van der Waals surface area contributed by atoms with E-state index in [4.69, 9.17) is 0 Å². The van der Waals surface area contributed by atoms with Crippen LogP contribution in [0.4, 0.5) is 83.4 Å². The molecular weight excluding hydrogens is 661 g/mol. The highest BCUT2D eigenvalue weighted by atomic mass is 19.2. The number of hydrogen-bond donors (Lipinski definition) is 0. The largest absolute Gasteiger partial charge is 0.227 e. The van der Waals surface area contributed by atoms with Gasteiger partial charge in [0, 0.05) is 11.6 Å². The highest BCUT2D eigenvalue weighted by Gasteiger charge is 2.54. The van der Waals surface area contributed by atoms with Gasteiger partial charge in [-0.1, -0.05) is 0 Å². The summed E-state index contributed by atoms with van der Waals surface area (Å²) < 4.78 is 274. The minimum Gasteiger partial charge on any atom is -0.227 e. The van der Waals surface area contributed by atoms with Crippen molar-refractivity contribution in [1.29, 1.82) is 0 Å². The van der Waals surface area contributed by atoms with Gasteiger partial charge < -0.3 is 0 Å². The van der Waals surface area contributed by atoms with Crippen LogP contribution in [0, 0.1) is 111 Å². The summed E-state index contributed by atoms with van der Waals surface area (Å²) in [6, 6.07) is 0.752. The zero-order chi connectivity index (χ0) is 33.5. The normalized spacial score (nSPS) is 12.0. The molecule has 0 spiro atoms. The van der Waals surface area contributed by atoms with Crippen molar-refractivity contribution in [1.82, 2.24) is 0 Å². The fourth-order valence-electron chi connectivity index (χ4n) is 4.04. The summed E-state index contributed by atoms with van der Waals surface area (Å²) in [5, 5.41) is 0. The smallest absolute Gasteiger partial charge is 0.203 e. The maximum absolute atomic E-state index is 16.8. The van der Waals surface area contributed by atoms with E-state index < -0.39 is 138 Å². The van der Waals surface area contributed by atoms with E-state index in [2.05, 4.69) is 0 Å². The van der Waals surface area contributed by atoms with Crippen LogP contribution in [0.25, 0.3) is 11.1 Å². The average Bonchev–Trinajstić information content (AvgIpc) is 2.97. The molecule has 0 aromatic heterocycles. The Bertz CT molecular complexity index is 1760. The van der Waals surface area contributed by atoms with Gasteiger partial charge in [0.05, 0.1) is 22.3 Å². The summed E-state index contributed by atoms with van der Waals surface area (Å²) in [5.74, 6) is -59.2. The second-order valence-corrected chi connectivity index (χ2v) is 8.31. The van der Waals surface area contributed by atoms with Crippen molar-refractivity contribution < 1.29 is 83.4 Å². The van der Waals surface area contributed by atoms with Gasteiger partial charge in [0.15, 0.2) is 93.1 Å². The van der Waals surface area contributed by atoms with Crippen LogP contribution in [0.5, 0.6) is 0 Å². The lowest BCUT2D eigenvalue weighted by Crippen LogP contribution is -2.35. The van der Waals surface area contributed by atoms with Crippen molar-refractivity contribution >= 4 is 0 Å². The fourth-order valence-corrected chi connectivity index (χ4v) is 4.04. The van der Waals surface area contributed by atoms with Gasteiger partial charge in [-0.25, -0.2) is 83.4 Å². The van der Waals surface area contributed by atoms with Crippen molar-refractivity contribution in [2.75, 3.05) is 0 Å². The van der Waals surface area contributed by atoms with E-state index in [0.29, 0.717) is 0 Å². The van der Waals surface area contributed by atoms with E-state index in [1.54, 1.807) is 0 Å². The van der Waals surface area contributed by atoms with Gasteiger partial charge in [-0.05, 0) is 0 Å². The second kappa shape index (κ2) is 10.6. The zero-order valence-corrected chi connectivity index (χ0v) is 19.7. The van der Waals surface area contributed by atoms with Crippen LogP contribution in [0.1, 0.15) is 16.7 Å². The Hall–Kier alpha value is -4.45. The first-order chi connectivity index (χ1) is 20.2. The summed E-state index contributed by atoms with van der Waals surface area (Å²) >= 11 is 0. The number of halogens is 19. The minimum atomic E-state index is -6.16. The molecule has 4 rings (SSSR count). The molecule has 19 heteroatoms. The van der Waals surface area contributed by atoms with Crippen molar-refractivity contribution in [2.45, 2.75) is 5.67 Å². The van der Waals surface area contributed by atoms with Crippen LogP contribution in [0.2, 0.25) is 0 Å². The first kappa shape index (κ1) is 32.5. The van der Waals surface area contributed by atoms with Crippen molar-refractivity contribution in [3.8, 4) is 11.1 Å². The van der Waals surface area contributed by atoms with Gasteiger partial charge in [0.25, 0.3) is 0 Å². The van der Waals surface area contributed by atoms with Gasteiger partial charge in [-0.15, -0.1) is 0 Å². The average molecular weight is 661 g/mol. The quantitative estimate of drug-likeness (QED) is 0.0888. The minimum absolute atomic E-state index is 0.752. The van der Waals surface area contributed by atoms with Crippen LogP contribution in [-0.4, -0.2) is 0 Å². The van der Waals surface area contributed by atoms with Gasteiger partial charge in [0.1, 0.15) is 0 Å². The fraction of sp³-hybridized carbons (Fsp3) is 0.0400. The van der Waals surface area contributed by atoms with Gasteiger partial charge in [0.2, 0.25) is 17.3 Å². The van der Waals surface area contributed by atoms with Gasteiger partial charge in [-0.2, -0.15) is 0 Å². The van der Waals surface area contributed by atoms with E-state index in [9.17, 15) is 61.5 Å². The van der Waals surface area contributed by atoms with Crippen molar-refractivity contribution in [2.24, 2.45) is 0 Å². The second-order valence-electron chi connectivity index (χ2n) is 8.31. The van der Waals surface area contributed by atoms with Crippen molar-refractivity contribution in [3.63, 3.8) is 0 Å². The van der Waals surface area contributed by atoms with E-state index >= 15 is 22.0 Å². The Kier molecular flexibility index (Phi) is 7.83. The Morgan fingerprint density at radius 2 is 0.545 bits per heavy atom. The molecule has 1 radical (unpaired) electrons. The molecule has 0 nitrogen and oxygen atoms in total. The van der Waals surface area contributed by atoms with Crippen molar-refractivity contribution in [3.05, 3.63) is 127 Å². The molecule has 0 bridgehead atoms. The molecule has 44 heavy (non-hydrogen) atoms. The molecule has 0 fully saturated rings. The highest BCUT2D eigenvalue weighted by Crippen LogP contribution is 2.51. The third-order valence-electron chi connectivity index (χ3n) is 6.00. The molecule has 0 aliphatic heterocycles. The summed E-state index contributed by atoms with van der Waals surface area (Å²) in [6.07, 6.45) is 0. The summed E-state index contributed by atoms with van der Waals surface area (Å²) in [5.41, 5.74) is -21.8. The third kappa shape index (κ3) is 4.18. The molecule has 0 aliphatic rings. The Labute approximate surface area is 228 Å². The molecule has 0 aliphatic carbocycles. The van der Waals surface area contributed by atoms with E-state index in [0.717, 1.165) is 6.07 Å². The molecule has 0 N–H and O–H groups in total. The number of hydrogen-bond acceptors (Lipinski definition) is 0. The van der Waals surface area contributed by atoms with E-state index in [-0.39, 0.29) is 0 Å². The molecule has 4 aromatic rings. The van der Waals surface area contributed by atoms with Crippen LogP contribution in [0.3, 0.4) is 0 Å². The Balaban J connectivity index is 2.33. The van der Waals surface area contributed by atoms with Crippen LogP contribution >= 0.6 is 0 Å². The summed E-state index contributed by atoms with van der Waals surface area (Å²) in [7, 11) is 0. The standard InChI is InChI=1S/C25F19/c26-3-1-2(8(27)18(37)9(3)28)4-10(29)12(31)5(13(32)11(4)30)25(44,6-14(33)19(38)23(42)20(39)15(6)34)7-16(35)21(40)24(43)22(41)17(7)36. The van der Waals surface area contributed by atoms with Gasteiger partial charge >= 0.3 is 0 Å². The molecule has 233 valence electrons. The topological polar surface area (TPSA) is 0 Å². The van der Waals surface area contributed by atoms with Crippen LogP contribution < -0.4 is 0 Å². The third-order valence-corrected chi connectivity index (χ3v) is 6.00. The first-order valence-electron chi connectivity index (χ1n) is 10.6. The van der Waals surface area contributed by atoms with E-state index in [1.807, 2.05) is 0 Å².